The molecular formula is C23H20N2O3. The lowest BCUT2D eigenvalue weighted by molar-refractivity contribution is -0.133. The van der Waals surface area contributed by atoms with Gasteiger partial charge in [-0.2, -0.15) is 0 Å². The van der Waals surface area contributed by atoms with E-state index >= 15 is 0 Å². The fourth-order valence-corrected chi connectivity index (χ4v) is 3.18. The van der Waals surface area contributed by atoms with Gasteiger partial charge in [0.25, 0.3) is 11.8 Å². The summed E-state index contributed by atoms with van der Waals surface area (Å²) in [5.74, 6) is 0.370. The van der Waals surface area contributed by atoms with Gasteiger partial charge in [0.15, 0.2) is 6.61 Å². The fraction of sp³-hybridized carbons (Fsp3) is 0.130. The van der Waals surface area contributed by atoms with Crippen molar-refractivity contribution >= 4 is 17.5 Å². The van der Waals surface area contributed by atoms with Crippen LogP contribution in [0.1, 0.15) is 21.5 Å². The number of carbonyl (C=O) groups excluding carboxylic acids is 2. The molecule has 0 spiro atoms. The van der Waals surface area contributed by atoms with E-state index in [4.69, 9.17) is 4.74 Å². The average molecular weight is 372 g/mol. The maximum absolute atomic E-state index is 12.6. The standard InChI is InChI=1S/C23H20N2O3/c26-22-16-28-21-12-11-18(23(27)24-20-9-5-2-6-10-20)13-19(21)15-25(22)14-17-7-3-1-4-8-17/h1-13H,14-16H2,(H,24,27). The highest BCUT2D eigenvalue weighted by atomic mass is 16.5. The van der Waals surface area contributed by atoms with E-state index in [1.165, 1.54) is 0 Å². The van der Waals surface area contributed by atoms with Crippen molar-refractivity contribution < 1.29 is 14.3 Å². The summed E-state index contributed by atoms with van der Waals surface area (Å²) in [6, 6.07) is 24.4. The van der Waals surface area contributed by atoms with Gasteiger partial charge >= 0.3 is 0 Å². The zero-order valence-electron chi connectivity index (χ0n) is 15.3. The predicted octanol–water partition coefficient (Wildman–Crippen LogP) is 3.86. The molecule has 5 heteroatoms. The van der Waals surface area contributed by atoms with E-state index in [9.17, 15) is 9.59 Å². The number of para-hydroxylation sites is 1. The van der Waals surface area contributed by atoms with Crippen LogP contribution < -0.4 is 10.1 Å². The third-order valence-electron chi connectivity index (χ3n) is 4.64. The van der Waals surface area contributed by atoms with Crippen LogP contribution in [-0.4, -0.2) is 23.3 Å². The molecule has 2 amide bonds. The van der Waals surface area contributed by atoms with Gasteiger partial charge in [0.1, 0.15) is 5.75 Å². The van der Waals surface area contributed by atoms with Gasteiger partial charge in [-0.15, -0.1) is 0 Å². The summed E-state index contributed by atoms with van der Waals surface area (Å²) in [6.07, 6.45) is 0. The largest absolute Gasteiger partial charge is 0.483 e. The normalized spacial score (nSPS) is 13.3. The first-order chi connectivity index (χ1) is 13.7. The summed E-state index contributed by atoms with van der Waals surface area (Å²) in [5, 5.41) is 2.88. The highest BCUT2D eigenvalue weighted by Crippen LogP contribution is 2.26. The Kier molecular flexibility index (Phi) is 5.06. The molecule has 1 N–H and O–H groups in total. The van der Waals surface area contributed by atoms with Crippen molar-refractivity contribution in [3.05, 3.63) is 95.6 Å². The summed E-state index contributed by atoms with van der Waals surface area (Å²) in [7, 11) is 0. The summed E-state index contributed by atoms with van der Waals surface area (Å²) in [6.45, 7) is 0.897. The fourth-order valence-electron chi connectivity index (χ4n) is 3.18. The molecule has 0 aliphatic carbocycles. The van der Waals surface area contributed by atoms with E-state index in [1.54, 1.807) is 23.1 Å². The van der Waals surface area contributed by atoms with Crippen molar-refractivity contribution in [1.82, 2.24) is 4.90 Å². The first-order valence-corrected chi connectivity index (χ1v) is 9.13. The van der Waals surface area contributed by atoms with Crippen molar-refractivity contribution in [2.24, 2.45) is 0 Å². The second-order valence-electron chi connectivity index (χ2n) is 6.67. The number of rotatable bonds is 4. The molecule has 0 saturated carbocycles. The van der Waals surface area contributed by atoms with E-state index in [0.29, 0.717) is 24.4 Å². The van der Waals surface area contributed by atoms with Crippen LogP contribution in [0.25, 0.3) is 0 Å². The maximum atomic E-state index is 12.6. The Morgan fingerprint density at radius 2 is 1.68 bits per heavy atom. The Morgan fingerprint density at radius 3 is 2.43 bits per heavy atom. The lowest BCUT2D eigenvalue weighted by atomic mass is 10.1. The predicted molar refractivity (Wildman–Crippen MR) is 107 cm³/mol. The number of fused-ring (bicyclic) bond motifs is 1. The second-order valence-corrected chi connectivity index (χ2v) is 6.67. The average Bonchev–Trinajstić information content (AvgIpc) is 2.88. The molecule has 0 bridgehead atoms. The van der Waals surface area contributed by atoms with Gasteiger partial charge in [0.05, 0.1) is 0 Å². The number of amides is 2. The lowest BCUT2D eigenvalue weighted by Crippen LogP contribution is -2.31. The van der Waals surface area contributed by atoms with Gasteiger partial charge in [0.2, 0.25) is 0 Å². The number of hydrogen-bond acceptors (Lipinski definition) is 3. The highest BCUT2D eigenvalue weighted by Gasteiger charge is 2.22. The van der Waals surface area contributed by atoms with Crippen LogP contribution >= 0.6 is 0 Å². The summed E-state index contributed by atoms with van der Waals surface area (Å²) in [4.78, 5) is 26.8. The number of nitrogens with one attached hydrogen (secondary N) is 1. The molecule has 1 heterocycles. The molecule has 3 aromatic rings. The third-order valence-corrected chi connectivity index (χ3v) is 4.64. The molecule has 0 radical (unpaired) electrons. The molecule has 0 fully saturated rings. The van der Waals surface area contributed by atoms with E-state index in [1.807, 2.05) is 60.7 Å². The van der Waals surface area contributed by atoms with Crippen molar-refractivity contribution in [2.45, 2.75) is 13.1 Å². The van der Waals surface area contributed by atoms with E-state index < -0.39 is 0 Å². The van der Waals surface area contributed by atoms with Crippen LogP contribution in [0, 0.1) is 0 Å². The summed E-state index contributed by atoms with van der Waals surface area (Å²) in [5.41, 5.74) is 3.14. The minimum absolute atomic E-state index is 0.00457. The van der Waals surface area contributed by atoms with Gasteiger partial charge in [-0.25, -0.2) is 0 Å². The molecule has 1 aliphatic heterocycles. The van der Waals surface area contributed by atoms with Crippen LogP contribution in [0.4, 0.5) is 5.69 Å². The maximum Gasteiger partial charge on any atom is 0.261 e. The van der Waals surface area contributed by atoms with Crippen LogP contribution in [0.5, 0.6) is 5.75 Å². The van der Waals surface area contributed by atoms with Crippen molar-refractivity contribution in [2.75, 3.05) is 11.9 Å². The van der Waals surface area contributed by atoms with Gasteiger partial charge < -0.3 is 15.0 Å². The summed E-state index contributed by atoms with van der Waals surface area (Å²) < 4.78 is 5.66. The molecule has 0 unspecified atom stereocenters. The van der Waals surface area contributed by atoms with Crippen LogP contribution in [0.15, 0.2) is 78.9 Å². The van der Waals surface area contributed by atoms with Crippen molar-refractivity contribution in [1.29, 1.82) is 0 Å². The number of hydrogen-bond donors (Lipinski definition) is 1. The Hall–Kier alpha value is -3.60. The lowest BCUT2D eigenvalue weighted by Gasteiger charge is -2.20. The summed E-state index contributed by atoms with van der Waals surface area (Å²) >= 11 is 0. The molecule has 0 aromatic heterocycles. The van der Waals surface area contributed by atoms with E-state index in [0.717, 1.165) is 16.8 Å². The van der Waals surface area contributed by atoms with Crippen LogP contribution in [0.3, 0.4) is 0 Å². The number of benzene rings is 3. The number of carbonyl (C=O) groups is 2. The molecule has 5 nitrogen and oxygen atoms in total. The van der Waals surface area contributed by atoms with Gasteiger partial charge in [0, 0.05) is 29.9 Å². The van der Waals surface area contributed by atoms with Crippen molar-refractivity contribution in [3.63, 3.8) is 0 Å². The smallest absolute Gasteiger partial charge is 0.261 e. The zero-order valence-corrected chi connectivity index (χ0v) is 15.3. The second kappa shape index (κ2) is 7.96. The molecule has 1 aliphatic rings. The Bertz CT molecular complexity index is 987. The quantitative estimate of drug-likeness (QED) is 0.757. The highest BCUT2D eigenvalue weighted by molar-refractivity contribution is 6.04. The first-order valence-electron chi connectivity index (χ1n) is 9.13. The SMILES string of the molecule is O=C(Nc1ccccc1)c1ccc2c(c1)CN(Cc1ccccc1)C(=O)CO2. The molecule has 0 atom stereocenters. The topological polar surface area (TPSA) is 58.6 Å². The molecule has 28 heavy (non-hydrogen) atoms. The first kappa shape index (κ1) is 17.8. The Balaban J connectivity index is 1.55. The van der Waals surface area contributed by atoms with Gasteiger partial charge in [-0.3, -0.25) is 9.59 Å². The van der Waals surface area contributed by atoms with Gasteiger partial charge in [-0.1, -0.05) is 48.5 Å². The van der Waals surface area contributed by atoms with Crippen molar-refractivity contribution in [3.8, 4) is 5.75 Å². The minimum atomic E-state index is -0.195. The number of anilines is 1. The van der Waals surface area contributed by atoms with Gasteiger partial charge in [-0.05, 0) is 35.9 Å². The third kappa shape index (κ3) is 4.04. The zero-order chi connectivity index (χ0) is 19.3. The molecule has 0 saturated heterocycles. The van der Waals surface area contributed by atoms with E-state index in [-0.39, 0.29) is 18.4 Å². The molecule has 140 valence electrons. The van der Waals surface area contributed by atoms with Crippen LogP contribution in [-0.2, 0) is 17.9 Å². The minimum Gasteiger partial charge on any atom is -0.483 e. The Labute approximate surface area is 163 Å². The molecule has 4 rings (SSSR count). The Morgan fingerprint density at radius 1 is 0.964 bits per heavy atom. The van der Waals surface area contributed by atoms with Crippen LogP contribution in [0.2, 0.25) is 0 Å². The monoisotopic (exact) mass is 372 g/mol. The molecular weight excluding hydrogens is 352 g/mol. The number of ether oxygens (including phenoxy) is 1. The molecule has 3 aromatic carbocycles. The number of nitrogens with zero attached hydrogens (tertiary/aromatic N) is 1. The van der Waals surface area contributed by atoms with E-state index in [2.05, 4.69) is 5.32 Å².